The lowest BCUT2D eigenvalue weighted by atomic mass is 10.1. The molecule has 0 aliphatic rings. The van der Waals surface area contributed by atoms with Gasteiger partial charge in [-0.2, -0.15) is 0 Å². The van der Waals surface area contributed by atoms with E-state index in [4.69, 9.17) is 5.11 Å². The summed E-state index contributed by atoms with van der Waals surface area (Å²) in [5.41, 5.74) is -0.302. The Balaban J connectivity index is 2.22. The van der Waals surface area contributed by atoms with Crippen molar-refractivity contribution >= 4 is 23.2 Å². The molecule has 0 saturated heterocycles. The third-order valence-corrected chi connectivity index (χ3v) is 4.06. The number of rotatable bonds is 5. The van der Waals surface area contributed by atoms with Gasteiger partial charge in [-0.3, -0.25) is 9.59 Å². The number of benzene rings is 1. The fraction of sp³-hybridized carbons (Fsp3) is 0.200. The van der Waals surface area contributed by atoms with Crippen molar-refractivity contribution < 1.29 is 28.2 Å². The molecule has 0 spiro atoms. The largest absolute Gasteiger partial charge is 0.503 e. The highest BCUT2D eigenvalue weighted by Gasteiger charge is 2.22. The monoisotopic (exact) mass is 341 g/mol. The Morgan fingerprint density at radius 1 is 1.35 bits per heavy atom. The molecule has 2 aromatic rings. The van der Waals surface area contributed by atoms with E-state index in [0.717, 1.165) is 12.1 Å². The molecule has 2 N–H and O–H groups in total. The number of hydrogen-bond acceptors (Lipinski definition) is 5. The molecule has 1 amide bonds. The van der Waals surface area contributed by atoms with Crippen LogP contribution in [0.4, 0.5) is 8.78 Å². The first-order chi connectivity index (χ1) is 10.9. The standard InChI is InChI=1S/C15H13F2NO4S/c1-22-13(19)7-11(12-3-2-4-23-12)18-15(21)8-5-9(16)14(20)10(17)6-8/h2-6,11,20H,7H2,1H3,(H,18,21). The van der Waals surface area contributed by atoms with Crippen LogP contribution in [0.3, 0.4) is 0 Å². The van der Waals surface area contributed by atoms with Crippen LogP contribution in [0.1, 0.15) is 27.7 Å². The Hall–Kier alpha value is -2.48. The Kier molecular flexibility index (Phi) is 5.28. The lowest BCUT2D eigenvalue weighted by molar-refractivity contribution is -0.141. The zero-order valence-corrected chi connectivity index (χ0v) is 12.8. The quantitative estimate of drug-likeness (QED) is 0.820. The highest BCUT2D eigenvalue weighted by molar-refractivity contribution is 7.10. The summed E-state index contributed by atoms with van der Waals surface area (Å²) in [6.45, 7) is 0. The van der Waals surface area contributed by atoms with Crippen LogP contribution >= 0.6 is 11.3 Å². The number of aromatic hydroxyl groups is 1. The van der Waals surface area contributed by atoms with Gasteiger partial charge in [0.05, 0.1) is 19.6 Å². The number of hydrogen-bond donors (Lipinski definition) is 2. The van der Waals surface area contributed by atoms with Crippen LogP contribution in [0.15, 0.2) is 29.6 Å². The molecule has 0 aliphatic heterocycles. The van der Waals surface area contributed by atoms with E-state index in [1.807, 2.05) is 0 Å². The molecular formula is C15H13F2NO4S. The summed E-state index contributed by atoms with van der Waals surface area (Å²) in [7, 11) is 1.22. The van der Waals surface area contributed by atoms with Crippen LogP contribution in [0.2, 0.25) is 0 Å². The molecule has 0 radical (unpaired) electrons. The van der Waals surface area contributed by atoms with Crippen molar-refractivity contribution in [1.29, 1.82) is 0 Å². The van der Waals surface area contributed by atoms with Crippen LogP contribution in [-0.4, -0.2) is 24.1 Å². The molecule has 1 unspecified atom stereocenters. The third kappa shape index (κ3) is 4.04. The maximum atomic E-state index is 13.3. The average Bonchev–Trinajstić information content (AvgIpc) is 3.05. The summed E-state index contributed by atoms with van der Waals surface area (Å²) in [4.78, 5) is 24.3. The number of nitrogens with one attached hydrogen (secondary N) is 1. The van der Waals surface area contributed by atoms with Crippen LogP contribution in [0, 0.1) is 11.6 Å². The summed E-state index contributed by atoms with van der Waals surface area (Å²) < 4.78 is 31.2. The van der Waals surface area contributed by atoms with E-state index >= 15 is 0 Å². The SMILES string of the molecule is COC(=O)CC(NC(=O)c1cc(F)c(O)c(F)c1)c1cccs1. The van der Waals surface area contributed by atoms with Crippen molar-refractivity contribution in [2.24, 2.45) is 0 Å². The number of carbonyl (C=O) groups is 2. The number of methoxy groups -OCH3 is 1. The van der Waals surface area contributed by atoms with E-state index in [-0.39, 0.29) is 12.0 Å². The summed E-state index contributed by atoms with van der Waals surface area (Å²) in [6.07, 6.45) is -0.119. The van der Waals surface area contributed by atoms with Gasteiger partial charge in [-0.15, -0.1) is 11.3 Å². The molecule has 122 valence electrons. The van der Waals surface area contributed by atoms with Gasteiger partial charge in [0.15, 0.2) is 17.4 Å². The van der Waals surface area contributed by atoms with E-state index in [1.54, 1.807) is 17.5 Å². The van der Waals surface area contributed by atoms with E-state index in [0.29, 0.717) is 4.88 Å². The van der Waals surface area contributed by atoms with Crippen LogP contribution in [0.5, 0.6) is 5.75 Å². The molecule has 23 heavy (non-hydrogen) atoms. The zero-order chi connectivity index (χ0) is 17.0. The van der Waals surface area contributed by atoms with Gasteiger partial charge in [0.25, 0.3) is 5.91 Å². The molecule has 2 rings (SSSR count). The number of phenols is 1. The van der Waals surface area contributed by atoms with Crippen molar-refractivity contribution in [3.8, 4) is 5.75 Å². The minimum Gasteiger partial charge on any atom is -0.503 e. The van der Waals surface area contributed by atoms with Gasteiger partial charge in [-0.1, -0.05) is 6.07 Å². The van der Waals surface area contributed by atoms with Crippen LogP contribution in [-0.2, 0) is 9.53 Å². The van der Waals surface area contributed by atoms with Gasteiger partial charge >= 0.3 is 5.97 Å². The van der Waals surface area contributed by atoms with Gasteiger partial charge in [0, 0.05) is 10.4 Å². The molecule has 1 heterocycles. The predicted molar refractivity (Wildman–Crippen MR) is 79.2 cm³/mol. The molecule has 1 aromatic heterocycles. The second kappa shape index (κ2) is 7.19. The Bertz CT molecular complexity index is 695. The van der Waals surface area contributed by atoms with Crippen molar-refractivity contribution in [3.63, 3.8) is 0 Å². The Labute approximate surface area is 134 Å². The number of phenolic OH excluding ortho intramolecular Hbond substituents is 1. The number of thiophene rings is 1. The number of carbonyl (C=O) groups excluding carboxylic acids is 2. The van der Waals surface area contributed by atoms with Gasteiger partial charge in [-0.25, -0.2) is 8.78 Å². The maximum absolute atomic E-state index is 13.3. The molecule has 5 nitrogen and oxygen atoms in total. The third-order valence-electron chi connectivity index (χ3n) is 3.07. The lowest BCUT2D eigenvalue weighted by Gasteiger charge is -2.16. The first-order valence-electron chi connectivity index (χ1n) is 6.51. The minimum absolute atomic E-state index is 0.119. The van der Waals surface area contributed by atoms with Gasteiger partial charge < -0.3 is 15.2 Å². The van der Waals surface area contributed by atoms with E-state index in [2.05, 4.69) is 10.1 Å². The fourth-order valence-corrected chi connectivity index (χ4v) is 2.68. The molecule has 1 aromatic carbocycles. The second-order valence-corrected chi connectivity index (χ2v) is 5.59. The first-order valence-corrected chi connectivity index (χ1v) is 7.39. The van der Waals surface area contributed by atoms with Gasteiger partial charge in [0.1, 0.15) is 0 Å². The van der Waals surface area contributed by atoms with Crippen molar-refractivity contribution in [1.82, 2.24) is 5.32 Å². The summed E-state index contributed by atoms with van der Waals surface area (Å²) >= 11 is 1.32. The summed E-state index contributed by atoms with van der Waals surface area (Å²) in [6, 6.07) is 4.22. The topological polar surface area (TPSA) is 75.6 Å². The number of halogens is 2. The number of ether oxygens (including phenoxy) is 1. The molecule has 8 heteroatoms. The zero-order valence-electron chi connectivity index (χ0n) is 12.0. The minimum atomic E-state index is -1.24. The predicted octanol–water partition coefficient (Wildman–Crippen LogP) is 2.77. The molecule has 0 saturated carbocycles. The maximum Gasteiger partial charge on any atom is 0.307 e. The molecule has 0 fully saturated rings. The van der Waals surface area contributed by atoms with E-state index < -0.39 is 35.3 Å². The normalized spacial score (nSPS) is 11.8. The highest BCUT2D eigenvalue weighted by Crippen LogP contribution is 2.25. The molecule has 0 aliphatic carbocycles. The van der Waals surface area contributed by atoms with E-state index in [9.17, 15) is 18.4 Å². The fourth-order valence-electron chi connectivity index (χ4n) is 1.90. The van der Waals surface area contributed by atoms with Crippen LogP contribution in [0.25, 0.3) is 0 Å². The Morgan fingerprint density at radius 2 is 2.00 bits per heavy atom. The van der Waals surface area contributed by atoms with E-state index in [1.165, 1.54) is 18.4 Å². The highest BCUT2D eigenvalue weighted by atomic mass is 32.1. The second-order valence-electron chi connectivity index (χ2n) is 4.61. The van der Waals surface area contributed by atoms with Crippen molar-refractivity contribution in [3.05, 3.63) is 51.7 Å². The summed E-state index contributed by atoms with van der Waals surface area (Å²) in [5, 5.41) is 13.4. The average molecular weight is 341 g/mol. The van der Waals surface area contributed by atoms with Crippen molar-refractivity contribution in [2.75, 3.05) is 7.11 Å². The molecule has 0 bridgehead atoms. The Morgan fingerprint density at radius 3 is 2.52 bits per heavy atom. The smallest absolute Gasteiger partial charge is 0.307 e. The van der Waals surface area contributed by atoms with Gasteiger partial charge in [-0.05, 0) is 23.6 Å². The van der Waals surface area contributed by atoms with Crippen LogP contribution < -0.4 is 5.32 Å². The van der Waals surface area contributed by atoms with Gasteiger partial charge in [0.2, 0.25) is 0 Å². The molecule has 1 atom stereocenters. The molecular weight excluding hydrogens is 328 g/mol. The number of amides is 1. The first kappa shape index (κ1) is 16.9. The number of esters is 1. The lowest BCUT2D eigenvalue weighted by Crippen LogP contribution is -2.30. The summed E-state index contributed by atoms with van der Waals surface area (Å²) in [5.74, 6) is -4.94. The van der Waals surface area contributed by atoms with Crippen molar-refractivity contribution in [2.45, 2.75) is 12.5 Å².